The fourth-order valence-electron chi connectivity index (χ4n) is 2.09. The number of nitrogens with one attached hydrogen (secondary N) is 3. The van der Waals surface area contributed by atoms with E-state index in [9.17, 15) is 4.79 Å². The van der Waals surface area contributed by atoms with Crippen LogP contribution in [-0.2, 0) is 4.74 Å². The third-order valence-corrected chi connectivity index (χ3v) is 3.07. The lowest BCUT2D eigenvalue weighted by molar-refractivity contribution is 0.0465. The van der Waals surface area contributed by atoms with Crippen molar-refractivity contribution in [1.82, 2.24) is 16.0 Å². The fraction of sp³-hybridized carbons (Fsp3) is 0.933. The molecule has 0 aliphatic heterocycles. The van der Waals surface area contributed by atoms with Crippen LogP contribution in [0.1, 0.15) is 54.4 Å². The van der Waals surface area contributed by atoms with Crippen molar-refractivity contribution in [2.75, 3.05) is 13.1 Å². The minimum absolute atomic E-state index is 0.169. The number of ether oxygens (including phenoxy) is 1. The number of hydrogen-bond acceptors (Lipinski definition) is 4. The molecule has 0 radical (unpaired) electrons. The van der Waals surface area contributed by atoms with Crippen molar-refractivity contribution in [1.29, 1.82) is 0 Å². The molecule has 5 nitrogen and oxygen atoms in total. The Morgan fingerprint density at radius 2 is 1.65 bits per heavy atom. The Bertz CT molecular complexity index is 312. The minimum atomic E-state index is -0.426. The lowest BCUT2D eigenvalue weighted by atomic mass is 9.87. The summed E-state index contributed by atoms with van der Waals surface area (Å²) in [7, 11) is 0. The smallest absolute Gasteiger partial charge is 0.407 e. The van der Waals surface area contributed by atoms with E-state index in [1.165, 1.54) is 0 Å². The average Bonchev–Trinajstić information content (AvgIpc) is 2.15. The van der Waals surface area contributed by atoms with Gasteiger partial charge in [0, 0.05) is 30.7 Å². The first kappa shape index (κ1) is 17.2. The quantitative estimate of drug-likeness (QED) is 0.676. The standard InChI is InChI=1S/C15H31N3O2/c1-14(2,3)17-8-7-16-11-9-12(10-11)18-13(19)20-15(4,5)6/h11-12,16-17H,7-10H2,1-6H3,(H,18,19). The first-order valence-corrected chi connectivity index (χ1v) is 7.53. The highest BCUT2D eigenvalue weighted by Gasteiger charge is 2.31. The third kappa shape index (κ3) is 7.70. The second-order valence-electron chi connectivity index (χ2n) is 7.64. The van der Waals surface area contributed by atoms with Crippen molar-refractivity contribution in [3.05, 3.63) is 0 Å². The zero-order chi connectivity index (χ0) is 15.4. The van der Waals surface area contributed by atoms with E-state index in [0.29, 0.717) is 6.04 Å². The molecule has 0 aromatic heterocycles. The Morgan fingerprint density at radius 3 is 2.15 bits per heavy atom. The molecule has 1 saturated carbocycles. The third-order valence-electron chi connectivity index (χ3n) is 3.07. The van der Waals surface area contributed by atoms with Gasteiger partial charge in [-0.25, -0.2) is 4.79 Å². The van der Waals surface area contributed by atoms with Crippen LogP contribution in [0.25, 0.3) is 0 Å². The lowest BCUT2D eigenvalue weighted by Crippen LogP contribution is -2.54. The first-order valence-electron chi connectivity index (χ1n) is 7.53. The zero-order valence-electron chi connectivity index (χ0n) is 13.8. The SMILES string of the molecule is CC(C)(C)NCCNC1CC(NC(=O)OC(C)(C)C)C1. The second kappa shape index (κ2) is 6.76. The van der Waals surface area contributed by atoms with Crippen LogP contribution in [0, 0.1) is 0 Å². The first-order chi connectivity index (χ1) is 9.05. The summed E-state index contributed by atoms with van der Waals surface area (Å²) in [6.45, 7) is 14.0. The molecular weight excluding hydrogens is 254 g/mol. The number of alkyl carbamates (subject to hydrolysis) is 1. The summed E-state index contributed by atoms with van der Waals surface area (Å²) in [5.74, 6) is 0. The van der Waals surface area contributed by atoms with E-state index in [0.717, 1.165) is 25.9 Å². The normalized spacial score (nSPS) is 23.1. The Morgan fingerprint density at radius 1 is 1.05 bits per heavy atom. The maximum atomic E-state index is 11.6. The van der Waals surface area contributed by atoms with Crippen molar-refractivity contribution in [3.63, 3.8) is 0 Å². The Labute approximate surface area is 123 Å². The molecule has 1 amide bonds. The van der Waals surface area contributed by atoms with Crippen molar-refractivity contribution in [2.45, 2.75) is 77.6 Å². The van der Waals surface area contributed by atoms with Crippen LogP contribution in [0.3, 0.4) is 0 Å². The largest absolute Gasteiger partial charge is 0.444 e. The van der Waals surface area contributed by atoms with Gasteiger partial charge in [-0.15, -0.1) is 0 Å². The highest BCUT2D eigenvalue weighted by Crippen LogP contribution is 2.20. The maximum absolute atomic E-state index is 11.6. The van der Waals surface area contributed by atoms with E-state index in [-0.39, 0.29) is 17.7 Å². The molecule has 5 heteroatoms. The number of rotatable bonds is 5. The summed E-state index contributed by atoms with van der Waals surface area (Å²) in [6.07, 6.45) is 1.65. The minimum Gasteiger partial charge on any atom is -0.444 e. The number of amides is 1. The van der Waals surface area contributed by atoms with Gasteiger partial charge in [0.25, 0.3) is 0 Å². The number of carbonyl (C=O) groups is 1. The van der Waals surface area contributed by atoms with Crippen molar-refractivity contribution in [2.24, 2.45) is 0 Å². The summed E-state index contributed by atoms with van der Waals surface area (Å²) in [5.41, 5.74) is -0.258. The van der Waals surface area contributed by atoms with Gasteiger partial charge in [0.05, 0.1) is 0 Å². The van der Waals surface area contributed by atoms with Crippen LogP contribution in [0.5, 0.6) is 0 Å². The topological polar surface area (TPSA) is 62.4 Å². The van der Waals surface area contributed by atoms with E-state index in [4.69, 9.17) is 4.74 Å². The molecule has 0 unspecified atom stereocenters. The number of hydrogen-bond donors (Lipinski definition) is 3. The molecule has 0 bridgehead atoms. The monoisotopic (exact) mass is 285 g/mol. The fourth-order valence-corrected chi connectivity index (χ4v) is 2.09. The van der Waals surface area contributed by atoms with Gasteiger partial charge in [0.1, 0.15) is 5.60 Å². The van der Waals surface area contributed by atoms with E-state index in [1.807, 2.05) is 20.8 Å². The van der Waals surface area contributed by atoms with Crippen LogP contribution >= 0.6 is 0 Å². The predicted molar refractivity (Wildman–Crippen MR) is 81.9 cm³/mol. The van der Waals surface area contributed by atoms with Crippen LogP contribution in [-0.4, -0.2) is 42.4 Å². The second-order valence-corrected chi connectivity index (χ2v) is 7.64. The molecule has 0 heterocycles. The molecule has 118 valence electrons. The highest BCUT2D eigenvalue weighted by molar-refractivity contribution is 5.68. The van der Waals surface area contributed by atoms with Crippen LogP contribution in [0.15, 0.2) is 0 Å². The Balaban J connectivity index is 2.04. The van der Waals surface area contributed by atoms with Crippen molar-refractivity contribution < 1.29 is 9.53 Å². The molecule has 1 fully saturated rings. The van der Waals surface area contributed by atoms with Gasteiger partial charge in [0.2, 0.25) is 0 Å². The summed E-state index contributed by atoms with van der Waals surface area (Å²) in [6, 6.07) is 0.759. The molecule has 0 aromatic rings. The molecule has 0 atom stereocenters. The Kier molecular flexibility index (Phi) is 5.83. The van der Waals surface area contributed by atoms with Gasteiger partial charge in [-0.3, -0.25) is 0 Å². The van der Waals surface area contributed by atoms with Crippen LogP contribution < -0.4 is 16.0 Å². The predicted octanol–water partition coefficient (Wildman–Crippen LogP) is 2.02. The summed E-state index contributed by atoms with van der Waals surface area (Å²) in [5, 5.41) is 9.83. The molecule has 0 saturated heterocycles. The lowest BCUT2D eigenvalue weighted by Gasteiger charge is -2.37. The van der Waals surface area contributed by atoms with E-state index < -0.39 is 5.60 Å². The molecule has 1 aliphatic rings. The molecule has 0 aromatic carbocycles. The van der Waals surface area contributed by atoms with E-state index in [2.05, 4.69) is 36.7 Å². The van der Waals surface area contributed by atoms with E-state index >= 15 is 0 Å². The van der Waals surface area contributed by atoms with Gasteiger partial charge in [-0.05, 0) is 54.4 Å². The zero-order valence-corrected chi connectivity index (χ0v) is 13.8. The van der Waals surface area contributed by atoms with Gasteiger partial charge in [-0.1, -0.05) is 0 Å². The molecule has 20 heavy (non-hydrogen) atoms. The van der Waals surface area contributed by atoms with Gasteiger partial charge in [-0.2, -0.15) is 0 Å². The number of carbonyl (C=O) groups excluding carboxylic acids is 1. The summed E-state index contributed by atoms with van der Waals surface area (Å²) < 4.78 is 5.23. The van der Waals surface area contributed by atoms with Crippen molar-refractivity contribution >= 4 is 6.09 Å². The molecule has 0 spiro atoms. The van der Waals surface area contributed by atoms with Gasteiger partial charge in [0.15, 0.2) is 0 Å². The average molecular weight is 285 g/mol. The Hall–Kier alpha value is -0.810. The highest BCUT2D eigenvalue weighted by atomic mass is 16.6. The van der Waals surface area contributed by atoms with Gasteiger partial charge >= 0.3 is 6.09 Å². The summed E-state index contributed by atoms with van der Waals surface area (Å²) in [4.78, 5) is 11.6. The molecule has 3 N–H and O–H groups in total. The van der Waals surface area contributed by atoms with Crippen LogP contribution in [0.2, 0.25) is 0 Å². The molecular formula is C15H31N3O2. The summed E-state index contributed by atoms with van der Waals surface area (Å²) >= 11 is 0. The van der Waals surface area contributed by atoms with Crippen molar-refractivity contribution in [3.8, 4) is 0 Å². The molecule has 1 rings (SSSR count). The molecule has 1 aliphatic carbocycles. The maximum Gasteiger partial charge on any atom is 0.407 e. The van der Waals surface area contributed by atoms with Gasteiger partial charge < -0.3 is 20.7 Å². The van der Waals surface area contributed by atoms with Crippen LogP contribution in [0.4, 0.5) is 4.79 Å². The van der Waals surface area contributed by atoms with E-state index in [1.54, 1.807) is 0 Å².